The highest BCUT2D eigenvalue weighted by Gasteiger charge is 2.25. The molecule has 0 radical (unpaired) electrons. The van der Waals surface area contributed by atoms with Crippen molar-refractivity contribution in [3.63, 3.8) is 0 Å². The van der Waals surface area contributed by atoms with Crippen LogP contribution < -0.4 is 20.7 Å². The van der Waals surface area contributed by atoms with Gasteiger partial charge in [-0.3, -0.25) is 11.3 Å². The lowest BCUT2D eigenvalue weighted by Crippen LogP contribution is -2.35. The van der Waals surface area contributed by atoms with Crippen molar-refractivity contribution in [3.05, 3.63) is 23.8 Å². The molecule has 0 spiro atoms. The highest BCUT2D eigenvalue weighted by Crippen LogP contribution is 2.33. The Hall–Kier alpha value is -1.30. The number of methoxy groups -OCH3 is 3. The number of nitrogens with one attached hydrogen (secondary N) is 1. The Morgan fingerprint density at radius 2 is 1.89 bits per heavy atom. The van der Waals surface area contributed by atoms with Crippen molar-refractivity contribution >= 4 is 0 Å². The van der Waals surface area contributed by atoms with E-state index in [4.69, 9.17) is 20.1 Å². The summed E-state index contributed by atoms with van der Waals surface area (Å²) in [5, 5.41) is 0. The van der Waals surface area contributed by atoms with E-state index in [0.29, 0.717) is 6.42 Å². The van der Waals surface area contributed by atoms with Crippen LogP contribution >= 0.6 is 0 Å². The number of hydrogen-bond acceptors (Lipinski definition) is 5. The second-order valence-corrected chi connectivity index (χ2v) is 5.00. The molecule has 0 aliphatic carbocycles. The van der Waals surface area contributed by atoms with E-state index < -0.39 is 0 Å². The number of ether oxygens (including phenoxy) is 3. The molecule has 0 aliphatic rings. The van der Waals surface area contributed by atoms with Crippen LogP contribution in [0.5, 0.6) is 11.5 Å². The quantitative estimate of drug-likeness (QED) is 0.585. The number of hydrazine groups is 1. The van der Waals surface area contributed by atoms with Crippen molar-refractivity contribution in [1.29, 1.82) is 0 Å². The first kappa shape index (κ1) is 15.8. The van der Waals surface area contributed by atoms with Crippen LogP contribution in [-0.4, -0.2) is 26.9 Å². The molecular weight excluding hydrogens is 244 g/mol. The molecule has 0 aromatic heterocycles. The van der Waals surface area contributed by atoms with Gasteiger partial charge in [0.05, 0.1) is 25.9 Å². The summed E-state index contributed by atoms with van der Waals surface area (Å²) in [5.41, 5.74) is 3.49. The van der Waals surface area contributed by atoms with Crippen LogP contribution in [0.25, 0.3) is 0 Å². The van der Waals surface area contributed by atoms with E-state index in [0.717, 1.165) is 17.1 Å². The Kier molecular flexibility index (Phi) is 5.60. The van der Waals surface area contributed by atoms with E-state index in [2.05, 4.69) is 5.43 Å². The number of benzene rings is 1. The fraction of sp³-hybridized carbons (Fsp3) is 0.571. The van der Waals surface area contributed by atoms with Gasteiger partial charge in [-0.15, -0.1) is 0 Å². The Morgan fingerprint density at radius 1 is 1.21 bits per heavy atom. The molecule has 1 aromatic rings. The SMILES string of the molecule is COc1ccc(OC)c(C(CC(C)(C)OC)NN)c1. The van der Waals surface area contributed by atoms with Crippen molar-refractivity contribution < 1.29 is 14.2 Å². The molecule has 0 bridgehead atoms. The standard InChI is InChI=1S/C14H24N2O3/c1-14(2,19-5)9-12(16-15)11-8-10(17-3)6-7-13(11)18-4/h6-8,12,16H,9,15H2,1-5H3. The van der Waals surface area contributed by atoms with E-state index in [9.17, 15) is 0 Å². The molecule has 1 atom stereocenters. The largest absolute Gasteiger partial charge is 0.497 e. The zero-order chi connectivity index (χ0) is 14.5. The second kappa shape index (κ2) is 6.75. The highest BCUT2D eigenvalue weighted by molar-refractivity contribution is 5.42. The van der Waals surface area contributed by atoms with Gasteiger partial charge in [-0.05, 0) is 38.5 Å². The smallest absolute Gasteiger partial charge is 0.123 e. The molecule has 0 aliphatic heterocycles. The third kappa shape index (κ3) is 4.09. The van der Waals surface area contributed by atoms with E-state index in [1.165, 1.54) is 0 Å². The molecule has 0 heterocycles. The predicted octanol–water partition coefficient (Wildman–Crippen LogP) is 2.02. The van der Waals surface area contributed by atoms with Crippen LogP contribution in [0.1, 0.15) is 31.9 Å². The maximum Gasteiger partial charge on any atom is 0.123 e. The maximum absolute atomic E-state index is 5.68. The molecule has 0 saturated carbocycles. The number of hydrogen-bond donors (Lipinski definition) is 2. The van der Waals surface area contributed by atoms with Crippen LogP contribution in [0, 0.1) is 0 Å². The van der Waals surface area contributed by atoms with E-state index >= 15 is 0 Å². The van der Waals surface area contributed by atoms with Crippen molar-refractivity contribution in [3.8, 4) is 11.5 Å². The van der Waals surface area contributed by atoms with Crippen molar-refractivity contribution in [2.24, 2.45) is 5.84 Å². The normalized spacial score (nSPS) is 13.2. The molecule has 5 heteroatoms. The van der Waals surface area contributed by atoms with Crippen LogP contribution in [0.2, 0.25) is 0 Å². The number of nitrogens with two attached hydrogens (primary N) is 1. The summed E-state index contributed by atoms with van der Waals surface area (Å²) in [4.78, 5) is 0. The lowest BCUT2D eigenvalue weighted by Gasteiger charge is -2.29. The molecule has 3 N–H and O–H groups in total. The molecule has 1 aromatic carbocycles. The van der Waals surface area contributed by atoms with Gasteiger partial charge in [0.15, 0.2) is 0 Å². The maximum atomic E-state index is 5.68. The minimum absolute atomic E-state index is 0.0833. The summed E-state index contributed by atoms with van der Waals surface area (Å²) in [6, 6.07) is 5.57. The first-order valence-corrected chi connectivity index (χ1v) is 6.20. The summed E-state index contributed by atoms with van der Waals surface area (Å²) in [7, 11) is 4.96. The predicted molar refractivity (Wildman–Crippen MR) is 75.3 cm³/mol. The van der Waals surface area contributed by atoms with Crippen molar-refractivity contribution in [1.82, 2.24) is 5.43 Å². The third-order valence-corrected chi connectivity index (χ3v) is 3.26. The first-order valence-electron chi connectivity index (χ1n) is 6.20. The minimum Gasteiger partial charge on any atom is -0.497 e. The second-order valence-electron chi connectivity index (χ2n) is 5.00. The molecule has 1 rings (SSSR count). The van der Waals surface area contributed by atoms with Gasteiger partial charge in [0.1, 0.15) is 11.5 Å². The molecule has 0 amide bonds. The lowest BCUT2D eigenvalue weighted by molar-refractivity contribution is 0.00663. The summed E-state index contributed by atoms with van der Waals surface area (Å²) in [6.45, 7) is 4.04. The van der Waals surface area contributed by atoms with E-state index in [-0.39, 0.29) is 11.6 Å². The van der Waals surface area contributed by atoms with Crippen LogP contribution in [0.4, 0.5) is 0 Å². The fourth-order valence-electron chi connectivity index (χ4n) is 1.95. The Labute approximate surface area is 115 Å². The molecule has 1 unspecified atom stereocenters. The van der Waals surface area contributed by atoms with Gasteiger partial charge in [-0.25, -0.2) is 0 Å². The van der Waals surface area contributed by atoms with Crippen molar-refractivity contribution in [2.45, 2.75) is 31.9 Å². The lowest BCUT2D eigenvalue weighted by atomic mass is 9.93. The average Bonchev–Trinajstić information content (AvgIpc) is 2.44. The average molecular weight is 268 g/mol. The van der Waals surface area contributed by atoms with Gasteiger partial charge in [-0.2, -0.15) is 0 Å². The Morgan fingerprint density at radius 3 is 2.37 bits per heavy atom. The summed E-state index contributed by atoms with van der Waals surface area (Å²) in [5.74, 6) is 7.22. The molecule has 108 valence electrons. The van der Waals surface area contributed by atoms with Gasteiger partial charge >= 0.3 is 0 Å². The number of rotatable bonds is 7. The topological polar surface area (TPSA) is 65.7 Å². The zero-order valence-electron chi connectivity index (χ0n) is 12.3. The van der Waals surface area contributed by atoms with Gasteiger partial charge in [0.25, 0.3) is 0 Å². The Bertz CT molecular complexity index is 408. The summed E-state index contributed by atoms with van der Waals surface area (Å²) in [6.07, 6.45) is 0.712. The van der Waals surface area contributed by atoms with E-state index in [1.54, 1.807) is 21.3 Å². The van der Waals surface area contributed by atoms with Crippen molar-refractivity contribution in [2.75, 3.05) is 21.3 Å². The van der Waals surface area contributed by atoms with Crippen LogP contribution in [0.15, 0.2) is 18.2 Å². The molecule has 5 nitrogen and oxygen atoms in total. The molecule has 0 fully saturated rings. The first-order chi connectivity index (χ1) is 8.97. The Balaban J connectivity index is 3.08. The van der Waals surface area contributed by atoms with Gasteiger partial charge in [-0.1, -0.05) is 0 Å². The molecule has 19 heavy (non-hydrogen) atoms. The van der Waals surface area contributed by atoms with E-state index in [1.807, 2.05) is 32.0 Å². The fourth-order valence-corrected chi connectivity index (χ4v) is 1.95. The van der Waals surface area contributed by atoms with Gasteiger partial charge < -0.3 is 14.2 Å². The summed E-state index contributed by atoms with van der Waals surface area (Å²) >= 11 is 0. The van der Waals surface area contributed by atoms with Gasteiger partial charge in [0.2, 0.25) is 0 Å². The van der Waals surface area contributed by atoms with Crippen LogP contribution in [-0.2, 0) is 4.74 Å². The van der Waals surface area contributed by atoms with Gasteiger partial charge in [0, 0.05) is 12.7 Å². The monoisotopic (exact) mass is 268 g/mol. The molecular formula is C14H24N2O3. The zero-order valence-corrected chi connectivity index (χ0v) is 12.3. The molecule has 0 saturated heterocycles. The minimum atomic E-state index is -0.287. The highest BCUT2D eigenvalue weighted by atomic mass is 16.5. The third-order valence-electron chi connectivity index (χ3n) is 3.26. The summed E-state index contributed by atoms with van der Waals surface area (Å²) < 4.78 is 16.1. The van der Waals surface area contributed by atoms with Crippen LogP contribution in [0.3, 0.4) is 0 Å².